The normalized spacial score (nSPS) is 12.2. The number of aromatic nitrogens is 1. The van der Waals surface area contributed by atoms with Gasteiger partial charge in [0.1, 0.15) is 11.5 Å². The number of aromatic carboxylic acids is 1. The fourth-order valence-corrected chi connectivity index (χ4v) is 4.49. The number of furan rings is 1. The maximum atomic E-state index is 12.9. The van der Waals surface area contributed by atoms with E-state index in [1.165, 1.54) is 6.26 Å². The topological polar surface area (TPSA) is 112 Å². The van der Waals surface area contributed by atoms with Crippen LogP contribution in [0.1, 0.15) is 36.8 Å². The van der Waals surface area contributed by atoms with Gasteiger partial charge in [-0.1, -0.05) is 32.9 Å². The molecule has 0 saturated heterocycles. The van der Waals surface area contributed by atoms with Crippen molar-refractivity contribution in [3.05, 3.63) is 72.1 Å². The summed E-state index contributed by atoms with van der Waals surface area (Å²) in [5.74, 6) is -0.759. The van der Waals surface area contributed by atoms with E-state index in [2.05, 4.69) is 30.5 Å². The smallest absolute Gasteiger partial charge is 0.353 e. The Morgan fingerprint density at radius 1 is 1.06 bits per heavy atom. The number of carbonyl (C=O) groups is 1. The van der Waals surface area contributed by atoms with Crippen LogP contribution in [-0.2, 0) is 15.4 Å². The maximum absolute atomic E-state index is 12.9. The van der Waals surface area contributed by atoms with Gasteiger partial charge in [0.25, 0.3) is 10.0 Å². The minimum atomic E-state index is -3.82. The molecule has 0 aliphatic heterocycles. The third kappa shape index (κ3) is 3.94. The first-order valence-electron chi connectivity index (χ1n) is 9.62. The molecule has 0 radical (unpaired) electrons. The molecule has 0 atom stereocenters. The summed E-state index contributed by atoms with van der Waals surface area (Å²) in [6, 6.07) is 14.9. The number of carboxylic acids is 1. The van der Waals surface area contributed by atoms with Gasteiger partial charge in [0.15, 0.2) is 0 Å². The molecule has 0 unspecified atom stereocenters. The molecular formula is C23H22N2O5S. The average Bonchev–Trinajstić information content (AvgIpc) is 3.34. The summed E-state index contributed by atoms with van der Waals surface area (Å²) in [6.07, 6.45) is 1.45. The number of benzene rings is 2. The van der Waals surface area contributed by atoms with Gasteiger partial charge in [-0.2, -0.15) is 0 Å². The third-order valence-electron chi connectivity index (χ3n) is 5.06. The van der Waals surface area contributed by atoms with Crippen molar-refractivity contribution in [1.82, 2.24) is 4.98 Å². The Bertz CT molecular complexity index is 1360. The lowest BCUT2D eigenvalue weighted by atomic mass is 9.87. The van der Waals surface area contributed by atoms with Gasteiger partial charge in [-0.15, -0.1) is 0 Å². The van der Waals surface area contributed by atoms with Crippen LogP contribution in [0.25, 0.3) is 22.2 Å². The fourth-order valence-electron chi connectivity index (χ4n) is 3.44. The summed E-state index contributed by atoms with van der Waals surface area (Å²) in [5, 5.41) is 10.1. The first kappa shape index (κ1) is 20.7. The molecule has 7 nitrogen and oxygen atoms in total. The quantitative estimate of drug-likeness (QED) is 0.395. The van der Waals surface area contributed by atoms with E-state index in [0.717, 1.165) is 5.56 Å². The highest BCUT2D eigenvalue weighted by atomic mass is 32.2. The highest BCUT2D eigenvalue weighted by Crippen LogP contribution is 2.35. The molecule has 0 spiro atoms. The molecule has 0 aliphatic rings. The molecule has 2 aromatic heterocycles. The van der Waals surface area contributed by atoms with E-state index in [9.17, 15) is 18.3 Å². The lowest BCUT2D eigenvalue weighted by Gasteiger charge is -2.19. The van der Waals surface area contributed by atoms with Gasteiger partial charge in [0.05, 0.1) is 16.7 Å². The maximum Gasteiger partial charge on any atom is 0.353 e. The van der Waals surface area contributed by atoms with Crippen LogP contribution in [0.5, 0.6) is 0 Å². The van der Waals surface area contributed by atoms with Gasteiger partial charge in [0, 0.05) is 16.6 Å². The summed E-state index contributed by atoms with van der Waals surface area (Å²) in [6.45, 7) is 6.18. The zero-order valence-corrected chi connectivity index (χ0v) is 18.1. The summed E-state index contributed by atoms with van der Waals surface area (Å²) in [5.41, 5.74) is 2.16. The summed E-state index contributed by atoms with van der Waals surface area (Å²) >= 11 is 0. The molecule has 31 heavy (non-hydrogen) atoms. The summed E-state index contributed by atoms with van der Waals surface area (Å²) in [4.78, 5) is 14.7. The molecule has 0 fully saturated rings. The van der Waals surface area contributed by atoms with Crippen LogP contribution in [0.3, 0.4) is 0 Å². The minimum Gasteiger partial charge on any atom is -0.477 e. The SMILES string of the molecule is CC(C)(C)c1ccc(S(=O)(=O)Nc2ccc3[nH]c(C(=O)O)c(-c4ccco4)c3c2)cc1. The van der Waals surface area contributed by atoms with Gasteiger partial charge in [-0.25, -0.2) is 13.2 Å². The highest BCUT2D eigenvalue weighted by molar-refractivity contribution is 7.92. The molecular weight excluding hydrogens is 416 g/mol. The van der Waals surface area contributed by atoms with Crippen LogP contribution in [0.2, 0.25) is 0 Å². The molecule has 0 saturated carbocycles. The number of hydrogen-bond donors (Lipinski definition) is 3. The number of sulfonamides is 1. The first-order chi connectivity index (χ1) is 14.6. The Balaban J connectivity index is 1.73. The third-order valence-corrected chi connectivity index (χ3v) is 6.46. The van der Waals surface area contributed by atoms with E-state index >= 15 is 0 Å². The average molecular weight is 439 g/mol. The molecule has 160 valence electrons. The molecule has 4 rings (SSSR count). The van der Waals surface area contributed by atoms with E-state index in [0.29, 0.717) is 27.9 Å². The van der Waals surface area contributed by atoms with Crippen molar-refractivity contribution in [3.63, 3.8) is 0 Å². The number of hydrogen-bond acceptors (Lipinski definition) is 4. The number of fused-ring (bicyclic) bond motifs is 1. The summed E-state index contributed by atoms with van der Waals surface area (Å²) in [7, 11) is -3.82. The van der Waals surface area contributed by atoms with Gasteiger partial charge in [0.2, 0.25) is 0 Å². The Morgan fingerprint density at radius 2 is 1.77 bits per heavy atom. The van der Waals surface area contributed by atoms with Crippen LogP contribution < -0.4 is 4.72 Å². The predicted octanol–water partition coefficient (Wildman–Crippen LogP) is 5.22. The van der Waals surface area contributed by atoms with Gasteiger partial charge >= 0.3 is 5.97 Å². The van der Waals surface area contributed by atoms with Crippen LogP contribution in [0.15, 0.2) is 70.2 Å². The van der Waals surface area contributed by atoms with E-state index in [-0.39, 0.29) is 16.0 Å². The molecule has 2 aromatic carbocycles. The Hall–Kier alpha value is -3.52. The van der Waals surface area contributed by atoms with Crippen molar-refractivity contribution in [3.8, 4) is 11.3 Å². The van der Waals surface area contributed by atoms with Gasteiger partial charge in [-0.05, 0) is 53.4 Å². The van der Waals surface area contributed by atoms with Crippen molar-refractivity contribution in [1.29, 1.82) is 0 Å². The van der Waals surface area contributed by atoms with Gasteiger partial charge < -0.3 is 14.5 Å². The van der Waals surface area contributed by atoms with Crippen molar-refractivity contribution in [2.24, 2.45) is 0 Å². The molecule has 2 heterocycles. The molecule has 0 bridgehead atoms. The van der Waals surface area contributed by atoms with Crippen LogP contribution in [0, 0.1) is 0 Å². The van der Waals surface area contributed by atoms with Crippen LogP contribution in [0.4, 0.5) is 5.69 Å². The zero-order chi connectivity index (χ0) is 22.4. The molecule has 4 aromatic rings. The van der Waals surface area contributed by atoms with E-state index in [1.54, 1.807) is 54.6 Å². The zero-order valence-electron chi connectivity index (χ0n) is 17.3. The monoisotopic (exact) mass is 438 g/mol. The minimum absolute atomic E-state index is 0.0253. The second-order valence-corrected chi connectivity index (χ2v) is 9.98. The lowest BCUT2D eigenvalue weighted by Crippen LogP contribution is -2.14. The Kier molecular flexibility index (Phi) is 4.89. The molecule has 0 aliphatic carbocycles. The standard InChI is InChI=1S/C23H22N2O5S/c1-23(2,3)14-6-9-16(10-7-14)31(28,29)25-15-8-11-18-17(13-15)20(19-5-4-12-30-19)21(24-18)22(26)27/h4-13,24-25H,1-3H3,(H,26,27). The lowest BCUT2D eigenvalue weighted by molar-refractivity contribution is 0.0692. The molecule has 3 N–H and O–H groups in total. The van der Waals surface area contributed by atoms with E-state index in [4.69, 9.17) is 4.42 Å². The van der Waals surface area contributed by atoms with E-state index in [1.807, 2.05) is 0 Å². The highest BCUT2D eigenvalue weighted by Gasteiger charge is 2.22. The predicted molar refractivity (Wildman–Crippen MR) is 119 cm³/mol. The number of carboxylic acid groups (broad SMARTS) is 1. The number of rotatable bonds is 5. The second kappa shape index (κ2) is 7.31. The number of H-pyrrole nitrogens is 1. The van der Waals surface area contributed by atoms with Crippen molar-refractivity contribution in [2.75, 3.05) is 4.72 Å². The molecule has 0 amide bonds. The van der Waals surface area contributed by atoms with Crippen LogP contribution >= 0.6 is 0 Å². The number of aromatic amines is 1. The van der Waals surface area contributed by atoms with Crippen molar-refractivity contribution >= 4 is 32.6 Å². The summed E-state index contributed by atoms with van der Waals surface area (Å²) < 4.78 is 33.8. The van der Waals surface area contributed by atoms with Crippen LogP contribution in [-0.4, -0.2) is 24.5 Å². The Labute approximate surface area is 179 Å². The first-order valence-corrected chi connectivity index (χ1v) is 11.1. The number of anilines is 1. The fraction of sp³-hybridized carbons (Fsp3) is 0.174. The van der Waals surface area contributed by atoms with Crippen molar-refractivity contribution in [2.45, 2.75) is 31.1 Å². The van der Waals surface area contributed by atoms with Crippen molar-refractivity contribution < 1.29 is 22.7 Å². The Morgan fingerprint density at radius 3 is 2.35 bits per heavy atom. The second-order valence-electron chi connectivity index (χ2n) is 8.30. The molecule has 8 heteroatoms. The number of nitrogens with one attached hydrogen (secondary N) is 2. The van der Waals surface area contributed by atoms with Gasteiger partial charge in [-0.3, -0.25) is 4.72 Å². The largest absolute Gasteiger partial charge is 0.477 e. The van der Waals surface area contributed by atoms with E-state index < -0.39 is 16.0 Å².